The minimum atomic E-state index is -0.506. The van der Waals surface area contributed by atoms with Gasteiger partial charge in [0, 0.05) is 25.2 Å². The van der Waals surface area contributed by atoms with Crippen molar-refractivity contribution >= 4 is 0 Å². The summed E-state index contributed by atoms with van der Waals surface area (Å²) in [5.74, 6) is 0.665. The van der Waals surface area contributed by atoms with E-state index in [9.17, 15) is 5.11 Å². The van der Waals surface area contributed by atoms with Gasteiger partial charge in [0.15, 0.2) is 0 Å². The monoisotopic (exact) mass is 363 g/mol. The summed E-state index contributed by atoms with van der Waals surface area (Å²) in [4.78, 5) is 2.62. The number of fused-ring (bicyclic) bond motifs is 2. The quantitative estimate of drug-likeness (QED) is 0.757. The lowest BCUT2D eigenvalue weighted by Gasteiger charge is -2.51. The van der Waals surface area contributed by atoms with Crippen molar-refractivity contribution in [2.75, 3.05) is 13.1 Å². The number of hydrogen-bond donors (Lipinski definition) is 1. The number of rotatable bonds is 1. The van der Waals surface area contributed by atoms with Gasteiger partial charge < -0.3 is 10.0 Å². The highest BCUT2D eigenvalue weighted by Gasteiger charge is 2.46. The fourth-order valence-corrected chi connectivity index (χ4v) is 6.19. The zero-order valence-electron chi connectivity index (χ0n) is 17.1. The molecule has 0 amide bonds. The maximum Gasteiger partial charge on any atom is 0.0716 e. The fraction of sp³-hybridized carbons (Fsp3) is 0.600. The van der Waals surface area contributed by atoms with Gasteiger partial charge in [0.2, 0.25) is 0 Å². The van der Waals surface area contributed by atoms with Crippen molar-refractivity contribution in [3.8, 4) is 0 Å². The molecule has 27 heavy (non-hydrogen) atoms. The molecule has 0 aromatic heterocycles. The van der Waals surface area contributed by atoms with Crippen LogP contribution in [0.2, 0.25) is 0 Å². The zero-order chi connectivity index (χ0) is 18.8. The lowest BCUT2D eigenvalue weighted by Crippen LogP contribution is -2.48. The van der Waals surface area contributed by atoms with Gasteiger partial charge in [0.1, 0.15) is 0 Å². The summed E-state index contributed by atoms with van der Waals surface area (Å²) >= 11 is 0. The van der Waals surface area contributed by atoms with Crippen LogP contribution < -0.4 is 0 Å². The lowest BCUT2D eigenvalue weighted by atomic mass is 9.61. The molecule has 5 rings (SSSR count). The van der Waals surface area contributed by atoms with Crippen LogP contribution >= 0.6 is 0 Å². The van der Waals surface area contributed by atoms with E-state index in [-0.39, 0.29) is 5.41 Å². The van der Waals surface area contributed by atoms with Crippen LogP contribution in [0.25, 0.3) is 0 Å². The molecule has 2 fully saturated rings. The number of hydrogen-bond acceptors (Lipinski definition) is 2. The molecule has 4 aliphatic rings. The summed E-state index contributed by atoms with van der Waals surface area (Å²) in [7, 11) is 0. The number of allylic oxidation sites excluding steroid dienone is 2. The van der Waals surface area contributed by atoms with Crippen molar-refractivity contribution < 1.29 is 5.11 Å². The van der Waals surface area contributed by atoms with E-state index >= 15 is 0 Å². The van der Waals surface area contributed by atoms with Crippen molar-refractivity contribution in [3.05, 3.63) is 57.8 Å². The molecule has 1 saturated carbocycles. The van der Waals surface area contributed by atoms with Crippen molar-refractivity contribution in [2.45, 2.75) is 71.3 Å². The highest BCUT2D eigenvalue weighted by molar-refractivity contribution is 5.53. The molecule has 1 N–H and O–H groups in total. The van der Waals surface area contributed by atoms with Crippen LogP contribution in [-0.4, -0.2) is 28.7 Å². The summed E-state index contributed by atoms with van der Waals surface area (Å²) in [5.41, 5.74) is 9.25. The third kappa shape index (κ3) is 2.71. The normalized spacial score (nSPS) is 31.9. The van der Waals surface area contributed by atoms with Gasteiger partial charge in [0.25, 0.3) is 0 Å². The Kier molecular flexibility index (Phi) is 3.89. The summed E-state index contributed by atoms with van der Waals surface area (Å²) in [6.45, 7) is 9.11. The first-order valence-electron chi connectivity index (χ1n) is 10.9. The number of piperidine rings is 1. The lowest BCUT2D eigenvalue weighted by molar-refractivity contribution is -0.00655. The predicted molar refractivity (Wildman–Crippen MR) is 110 cm³/mol. The highest BCUT2D eigenvalue weighted by Crippen LogP contribution is 2.55. The molecule has 2 heterocycles. The average molecular weight is 364 g/mol. The first kappa shape index (κ1) is 17.6. The smallest absolute Gasteiger partial charge is 0.0716 e. The minimum absolute atomic E-state index is 0.216. The Labute approximate surface area is 164 Å². The Bertz CT molecular complexity index is 846. The molecule has 1 aromatic carbocycles. The second-order valence-electron chi connectivity index (χ2n) is 10.0. The molecule has 2 unspecified atom stereocenters. The molecule has 0 bridgehead atoms. The van der Waals surface area contributed by atoms with Gasteiger partial charge in [-0.25, -0.2) is 0 Å². The predicted octanol–water partition coefficient (Wildman–Crippen LogP) is 5.02. The molecule has 2 aliphatic heterocycles. The molecule has 144 valence electrons. The molecule has 0 radical (unpaired) electrons. The fourth-order valence-electron chi connectivity index (χ4n) is 6.19. The summed E-state index contributed by atoms with van der Waals surface area (Å²) in [6.07, 6.45) is 7.48. The number of nitrogens with zero attached hydrogens (tertiary/aromatic N) is 1. The zero-order valence-corrected chi connectivity index (χ0v) is 17.1. The molecule has 2 nitrogen and oxygen atoms in total. The first-order valence-corrected chi connectivity index (χ1v) is 10.9. The van der Waals surface area contributed by atoms with Crippen molar-refractivity contribution in [1.82, 2.24) is 4.90 Å². The Hall–Kier alpha value is -1.54. The largest absolute Gasteiger partial charge is 0.389 e. The van der Waals surface area contributed by atoms with Crippen LogP contribution in [-0.2, 0) is 12.8 Å². The van der Waals surface area contributed by atoms with E-state index in [0.29, 0.717) is 5.92 Å². The van der Waals surface area contributed by atoms with Gasteiger partial charge in [0.05, 0.1) is 5.60 Å². The molecule has 2 aliphatic carbocycles. The third-order valence-corrected chi connectivity index (χ3v) is 7.90. The van der Waals surface area contributed by atoms with E-state index in [1.165, 1.54) is 30.5 Å². The molecule has 2 atom stereocenters. The summed E-state index contributed by atoms with van der Waals surface area (Å²) < 4.78 is 0. The number of benzene rings is 1. The minimum Gasteiger partial charge on any atom is -0.389 e. The van der Waals surface area contributed by atoms with Crippen molar-refractivity contribution in [3.63, 3.8) is 0 Å². The van der Waals surface area contributed by atoms with Crippen LogP contribution in [0.1, 0.15) is 64.0 Å². The third-order valence-electron chi connectivity index (χ3n) is 7.90. The van der Waals surface area contributed by atoms with Gasteiger partial charge in [-0.15, -0.1) is 0 Å². The Morgan fingerprint density at radius 2 is 1.93 bits per heavy atom. The second kappa shape index (κ2) is 5.98. The summed E-state index contributed by atoms with van der Waals surface area (Å²) in [5, 5.41) is 11.1. The summed E-state index contributed by atoms with van der Waals surface area (Å²) in [6, 6.07) is 9.11. The van der Waals surface area contributed by atoms with E-state index in [1.54, 1.807) is 22.3 Å². The van der Waals surface area contributed by atoms with Crippen molar-refractivity contribution in [2.24, 2.45) is 11.3 Å². The van der Waals surface area contributed by atoms with Gasteiger partial charge >= 0.3 is 0 Å². The first-order chi connectivity index (χ1) is 12.9. The second-order valence-corrected chi connectivity index (χ2v) is 10.0. The van der Waals surface area contributed by atoms with Gasteiger partial charge in [-0.05, 0) is 77.7 Å². The highest BCUT2D eigenvalue weighted by atomic mass is 16.3. The molecule has 1 aromatic rings. The molecular weight excluding hydrogens is 330 g/mol. The van der Waals surface area contributed by atoms with Crippen LogP contribution in [0.3, 0.4) is 0 Å². The standard InChI is InChI=1S/C25H33NO/c1-4-25(27)11-12-26-16-20-14-18-8-6-5-7-17(18)13-19-9-10-24(2,3)23(22(19)20)21(26)15-25/h5-8,19,27H,4,9-16H2,1-3H3. The maximum absolute atomic E-state index is 11.1. The average Bonchev–Trinajstić information content (AvgIpc) is 2.80. The van der Waals surface area contributed by atoms with Gasteiger partial charge in [-0.3, -0.25) is 0 Å². The molecular formula is C25H33NO. The Morgan fingerprint density at radius 1 is 1.15 bits per heavy atom. The van der Waals surface area contributed by atoms with E-state index in [2.05, 4.69) is 49.9 Å². The van der Waals surface area contributed by atoms with Crippen LogP contribution in [0, 0.1) is 11.3 Å². The van der Waals surface area contributed by atoms with Gasteiger partial charge in [-0.1, -0.05) is 45.0 Å². The van der Waals surface area contributed by atoms with E-state index in [4.69, 9.17) is 0 Å². The van der Waals surface area contributed by atoms with E-state index in [0.717, 1.165) is 38.8 Å². The molecule has 1 saturated heterocycles. The number of aliphatic hydroxyl groups is 1. The Morgan fingerprint density at radius 3 is 2.70 bits per heavy atom. The van der Waals surface area contributed by atoms with E-state index < -0.39 is 5.60 Å². The van der Waals surface area contributed by atoms with Crippen LogP contribution in [0.5, 0.6) is 0 Å². The van der Waals surface area contributed by atoms with Crippen LogP contribution in [0.4, 0.5) is 0 Å². The topological polar surface area (TPSA) is 23.5 Å². The van der Waals surface area contributed by atoms with Crippen LogP contribution in [0.15, 0.2) is 46.7 Å². The van der Waals surface area contributed by atoms with E-state index in [1.807, 2.05) is 0 Å². The maximum atomic E-state index is 11.1. The SMILES string of the molecule is CCC1(O)CCN2CC3=C4C(=C2C1)C(C)(C)CCC4Cc1ccccc1C3. The van der Waals surface area contributed by atoms with Gasteiger partial charge in [-0.2, -0.15) is 0 Å². The molecule has 2 heteroatoms. The Balaban J connectivity index is 1.68. The van der Waals surface area contributed by atoms with Crippen molar-refractivity contribution in [1.29, 1.82) is 0 Å². The molecule has 0 spiro atoms.